The second kappa shape index (κ2) is 9.30. The smallest absolute Gasteiger partial charge is 0.329 e. The van der Waals surface area contributed by atoms with Gasteiger partial charge in [-0.05, 0) is 17.7 Å². The third kappa shape index (κ3) is 6.08. The van der Waals surface area contributed by atoms with Crippen LogP contribution in [0, 0.1) is 18.2 Å². The highest BCUT2D eigenvalue weighted by Gasteiger charge is 2.26. The van der Waals surface area contributed by atoms with Crippen molar-refractivity contribution in [2.45, 2.75) is 31.8 Å². The predicted molar refractivity (Wildman–Crippen MR) is 85.1 cm³/mol. The summed E-state index contributed by atoms with van der Waals surface area (Å²) in [6, 6.07) is 3.60. The molecule has 0 saturated carbocycles. The summed E-state index contributed by atoms with van der Waals surface area (Å²) in [5, 5.41) is 4.96. The summed E-state index contributed by atoms with van der Waals surface area (Å²) in [6.45, 7) is 1.27. The van der Waals surface area contributed by atoms with E-state index in [-0.39, 0.29) is 12.8 Å². The van der Waals surface area contributed by atoms with Crippen molar-refractivity contribution in [3.8, 4) is 12.3 Å². The number of hydrogen-bond donors (Lipinski definition) is 2. The lowest BCUT2D eigenvalue weighted by Crippen LogP contribution is -2.52. The highest BCUT2D eigenvalue weighted by Crippen LogP contribution is 2.07. The molecule has 1 rings (SSSR count). The van der Waals surface area contributed by atoms with Crippen molar-refractivity contribution >= 4 is 17.8 Å². The largest absolute Gasteiger partial charge is 0.467 e. The molecule has 6 nitrogen and oxygen atoms in total. The van der Waals surface area contributed by atoms with E-state index in [0.29, 0.717) is 5.56 Å². The molecule has 0 unspecified atom stereocenters. The maximum Gasteiger partial charge on any atom is 0.329 e. The summed E-state index contributed by atoms with van der Waals surface area (Å²) in [7, 11) is 1.18. The maximum absolute atomic E-state index is 13.0. The number of esters is 1. The fraction of sp³-hybridized carbons (Fsp3) is 0.353. The van der Waals surface area contributed by atoms with Gasteiger partial charge in [0.05, 0.1) is 7.11 Å². The van der Waals surface area contributed by atoms with Crippen LogP contribution in [0.15, 0.2) is 24.3 Å². The molecule has 0 fully saturated rings. The molecule has 0 aliphatic carbocycles. The van der Waals surface area contributed by atoms with Gasteiger partial charge in [0, 0.05) is 19.8 Å². The number of carbonyl (C=O) groups is 3. The fourth-order valence-corrected chi connectivity index (χ4v) is 2.04. The molecule has 1 aromatic carbocycles. The number of benzene rings is 1. The minimum atomic E-state index is -1.00. The molecule has 0 radical (unpaired) electrons. The van der Waals surface area contributed by atoms with Crippen molar-refractivity contribution < 1.29 is 23.5 Å². The molecular weight excluding hydrogens is 315 g/mol. The number of methoxy groups -OCH3 is 1. The van der Waals surface area contributed by atoms with E-state index in [9.17, 15) is 18.8 Å². The third-order valence-corrected chi connectivity index (χ3v) is 3.17. The highest BCUT2D eigenvalue weighted by molar-refractivity contribution is 5.90. The maximum atomic E-state index is 13.0. The first-order chi connectivity index (χ1) is 11.4. The molecule has 0 saturated heterocycles. The quantitative estimate of drug-likeness (QED) is 0.563. The molecular formula is C17H19FN2O4. The Hall–Kier alpha value is -2.88. The van der Waals surface area contributed by atoms with E-state index in [0.717, 1.165) is 0 Å². The number of rotatable bonds is 7. The second-order valence-electron chi connectivity index (χ2n) is 5.08. The highest BCUT2D eigenvalue weighted by atomic mass is 19.1. The zero-order chi connectivity index (χ0) is 18.1. The second-order valence-corrected chi connectivity index (χ2v) is 5.08. The summed E-state index contributed by atoms with van der Waals surface area (Å²) in [5.74, 6) is 0.203. The monoisotopic (exact) mass is 334 g/mol. The van der Waals surface area contributed by atoms with Crippen LogP contribution < -0.4 is 10.6 Å². The molecule has 2 N–H and O–H groups in total. The fourth-order valence-electron chi connectivity index (χ4n) is 2.04. The zero-order valence-electron chi connectivity index (χ0n) is 13.5. The third-order valence-electron chi connectivity index (χ3n) is 3.17. The summed E-state index contributed by atoms with van der Waals surface area (Å²) in [6.07, 6.45) is 5.27. The van der Waals surface area contributed by atoms with Crippen molar-refractivity contribution in [1.29, 1.82) is 0 Å². The summed E-state index contributed by atoms with van der Waals surface area (Å²) in [5.41, 5.74) is 0.650. The molecule has 24 heavy (non-hydrogen) atoms. The molecule has 2 amide bonds. The van der Waals surface area contributed by atoms with E-state index >= 15 is 0 Å². The number of halogens is 1. The lowest BCUT2D eigenvalue weighted by atomic mass is 10.0. The van der Waals surface area contributed by atoms with Crippen molar-refractivity contribution in [2.75, 3.05) is 7.11 Å². The Kier molecular flexibility index (Phi) is 7.43. The van der Waals surface area contributed by atoms with Gasteiger partial charge in [0.2, 0.25) is 11.8 Å². The number of nitrogens with one attached hydrogen (secondary N) is 2. The Bertz CT molecular complexity index is 637. The molecule has 2 atom stereocenters. The Morgan fingerprint density at radius 2 is 1.83 bits per heavy atom. The van der Waals surface area contributed by atoms with Gasteiger partial charge in [0.25, 0.3) is 0 Å². The van der Waals surface area contributed by atoms with E-state index in [4.69, 9.17) is 6.42 Å². The standard InChI is InChI=1S/C17H19FN2O4/c1-4-5-14(17(23)24-3)20-16(22)15(19-11(2)21)10-12-6-8-13(18)9-7-12/h1,6-9,14-15H,5,10H2,2-3H3,(H,19,21)(H,20,22)/t14-,15+/m1/s1. The number of hydrogen-bond acceptors (Lipinski definition) is 4. The summed E-state index contributed by atoms with van der Waals surface area (Å²) in [4.78, 5) is 35.3. The van der Waals surface area contributed by atoms with Gasteiger partial charge in [-0.3, -0.25) is 9.59 Å². The summed E-state index contributed by atoms with van der Waals surface area (Å²) < 4.78 is 17.5. The van der Waals surface area contributed by atoms with Crippen LogP contribution in [0.1, 0.15) is 18.9 Å². The Balaban J connectivity index is 2.87. The average molecular weight is 334 g/mol. The van der Waals surface area contributed by atoms with Crippen molar-refractivity contribution in [2.24, 2.45) is 0 Å². The topological polar surface area (TPSA) is 84.5 Å². The van der Waals surface area contributed by atoms with E-state index in [1.807, 2.05) is 0 Å². The number of terminal acetylenes is 1. The van der Waals surface area contributed by atoms with E-state index in [1.54, 1.807) is 0 Å². The number of amides is 2. The zero-order valence-corrected chi connectivity index (χ0v) is 13.5. The van der Waals surface area contributed by atoms with Crippen molar-refractivity contribution in [3.05, 3.63) is 35.6 Å². The first-order valence-electron chi connectivity index (χ1n) is 7.20. The minimum absolute atomic E-state index is 0.0399. The normalized spacial score (nSPS) is 12.4. The van der Waals surface area contributed by atoms with Gasteiger partial charge in [-0.25, -0.2) is 9.18 Å². The molecule has 7 heteroatoms. The molecule has 128 valence electrons. The summed E-state index contributed by atoms with van der Waals surface area (Å²) >= 11 is 0. The van der Waals surface area contributed by atoms with E-state index in [2.05, 4.69) is 21.3 Å². The van der Waals surface area contributed by atoms with E-state index in [1.165, 1.54) is 38.3 Å². The van der Waals surface area contributed by atoms with Crippen LogP contribution in [-0.2, 0) is 25.5 Å². The van der Waals surface area contributed by atoms with E-state index < -0.39 is 35.7 Å². The molecule has 1 aromatic rings. The molecule has 0 aliphatic heterocycles. The van der Waals surface area contributed by atoms with Gasteiger partial charge in [0.1, 0.15) is 17.9 Å². The van der Waals surface area contributed by atoms with Crippen LogP contribution in [-0.4, -0.2) is 37.0 Å². The lowest BCUT2D eigenvalue weighted by Gasteiger charge is -2.21. The van der Waals surface area contributed by atoms with Crippen LogP contribution in [0.5, 0.6) is 0 Å². The van der Waals surface area contributed by atoms with Crippen LogP contribution in [0.3, 0.4) is 0 Å². The Morgan fingerprint density at radius 3 is 2.33 bits per heavy atom. The molecule has 0 spiro atoms. The van der Waals surface area contributed by atoms with Crippen LogP contribution in [0.4, 0.5) is 4.39 Å². The van der Waals surface area contributed by atoms with Gasteiger partial charge in [-0.2, -0.15) is 0 Å². The van der Waals surface area contributed by atoms with Crippen LogP contribution in [0.2, 0.25) is 0 Å². The van der Waals surface area contributed by atoms with Crippen LogP contribution >= 0.6 is 0 Å². The van der Waals surface area contributed by atoms with Crippen molar-refractivity contribution in [3.63, 3.8) is 0 Å². The Morgan fingerprint density at radius 1 is 1.21 bits per heavy atom. The predicted octanol–water partition coefficient (Wildman–Crippen LogP) is 0.554. The van der Waals surface area contributed by atoms with Gasteiger partial charge in [-0.1, -0.05) is 12.1 Å². The Labute approximate surface area is 139 Å². The van der Waals surface area contributed by atoms with Crippen LogP contribution in [0.25, 0.3) is 0 Å². The average Bonchev–Trinajstić information content (AvgIpc) is 2.54. The first-order valence-corrected chi connectivity index (χ1v) is 7.20. The van der Waals surface area contributed by atoms with Crippen molar-refractivity contribution in [1.82, 2.24) is 10.6 Å². The number of carbonyl (C=O) groups excluding carboxylic acids is 3. The minimum Gasteiger partial charge on any atom is -0.467 e. The molecule has 0 aliphatic rings. The van der Waals surface area contributed by atoms with Gasteiger partial charge in [-0.15, -0.1) is 12.3 Å². The SMILES string of the molecule is C#CC[C@@H](NC(=O)[C@H](Cc1ccc(F)cc1)NC(C)=O)C(=O)OC. The van der Waals surface area contributed by atoms with Gasteiger partial charge >= 0.3 is 5.97 Å². The molecule has 0 heterocycles. The molecule has 0 bridgehead atoms. The van der Waals surface area contributed by atoms with Gasteiger partial charge in [0.15, 0.2) is 0 Å². The number of ether oxygens (including phenoxy) is 1. The first kappa shape index (κ1) is 19.2. The lowest BCUT2D eigenvalue weighted by molar-refractivity contribution is -0.145. The van der Waals surface area contributed by atoms with Gasteiger partial charge < -0.3 is 15.4 Å². The molecule has 0 aromatic heterocycles.